The van der Waals surface area contributed by atoms with Crippen molar-refractivity contribution in [3.05, 3.63) is 28.1 Å². The monoisotopic (exact) mass is 307 g/mol. The lowest BCUT2D eigenvalue weighted by atomic mass is 10.2. The maximum absolute atomic E-state index is 5.67. The summed E-state index contributed by atoms with van der Waals surface area (Å²) < 4.78 is 1.14. The Bertz CT molecular complexity index is 433. The largest absolute Gasteiger partial charge is 0.383 e. The van der Waals surface area contributed by atoms with E-state index in [4.69, 9.17) is 5.73 Å². The summed E-state index contributed by atoms with van der Waals surface area (Å²) in [5.41, 5.74) is 6.56. The van der Waals surface area contributed by atoms with Crippen molar-refractivity contribution < 1.29 is 0 Å². The Hall–Kier alpha value is -0.620. The molecule has 1 aromatic heterocycles. The van der Waals surface area contributed by atoms with Gasteiger partial charge in [-0.25, -0.2) is 9.97 Å². The number of benzene rings is 1. The molecule has 0 saturated heterocycles. The highest BCUT2D eigenvalue weighted by Crippen LogP contribution is 2.18. The van der Waals surface area contributed by atoms with Crippen LogP contribution in [-0.2, 0) is 0 Å². The first-order valence-corrected chi connectivity index (χ1v) is 4.51. The second-order valence-electron chi connectivity index (χ2n) is 2.42. The fourth-order valence-electron chi connectivity index (χ4n) is 1.05. The molecule has 1 aromatic carbocycles. The van der Waals surface area contributed by atoms with E-state index in [0.29, 0.717) is 5.82 Å². The number of nitrogen functional groups attached to an aromatic ring is 1. The van der Waals surface area contributed by atoms with Crippen LogP contribution in [0.25, 0.3) is 10.9 Å². The molecule has 0 bridgehead atoms. The fourth-order valence-corrected chi connectivity index (χ4v) is 1.54. The third kappa shape index (κ3) is 2.00. The van der Waals surface area contributed by atoms with Gasteiger partial charge in [0, 0.05) is 8.96 Å². The van der Waals surface area contributed by atoms with Gasteiger partial charge in [0.05, 0.1) is 5.52 Å². The zero-order valence-electron chi connectivity index (χ0n) is 6.57. The number of hydrogen-bond acceptors (Lipinski definition) is 3. The number of fused-ring (bicyclic) bond motifs is 1. The molecule has 0 unspecified atom stereocenters. The van der Waals surface area contributed by atoms with E-state index in [1.165, 1.54) is 6.33 Å². The summed E-state index contributed by atoms with van der Waals surface area (Å²) in [5, 5.41) is 0.921. The van der Waals surface area contributed by atoms with Crippen LogP contribution in [0, 0.1) is 3.57 Å². The summed E-state index contributed by atoms with van der Waals surface area (Å²) in [6.45, 7) is 0. The van der Waals surface area contributed by atoms with Crippen LogP contribution in [0.5, 0.6) is 0 Å². The molecule has 0 aliphatic rings. The van der Waals surface area contributed by atoms with E-state index in [-0.39, 0.29) is 12.4 Å². The molecular formula is C8H7ClIN3. The minimum Gasteiger partial charge on any atom is -0.383 e. The molecular weight excluding hydrogens is 300 g/mol. The average molecular weight is 308 g/mol. The predicted octanol–water partition coefficient (Wildman–Crippen LogP) is 2.24. The summed E-state index contributed by atoms with van der Waals surface area (Å²) in [6.07, 6.45) is 1.48. The Balaban J connectivity index is 0.000000845. The van der Waals surface area contributed by atoms with Crippen LogP contribution in [0.2, 0.25) is 0 Å². The Labute approximate surface area is 95.3 Å². The quantitative estimate of drug-likeness (QED) is 0.759. The van der Waals surface area contributed by atoms with Crippen molar-refractivity contribution in [1.29, 1.82) is 0 Å². The van der Waals surface area contributed by atoms with Crippen molar-refractivity contribution in [2.45, 2.75) is 0 Å². The molecule has 2 N–H and O–H groups in total. The normalized spacial score (nSPS) is 9.62. The summed E-state index contributed by atoms with van der Waals surface area (Å²) in [7, 11) is 0. The average Bonchev–Trinajstić information content (AvgIpc) is 2.07. The van der Waals surface area contributed by atoms with Crippen molar-refractivity contribution in [3.8, 4) is 0 Å². The van der Waals surface area contributed by atoms with Gasteiger partial charge >= 0.3 is 0 Å². The lowest BCUT2D eigenvalue weighted by molar-refractivity contribution is 1.23. The summed E-state index contributed by atoms with van der Waals surface area (Å²) in [6, 6.07) is 5.91. The van der Waals surface area contributed by atoms with Crippen molar-refractivity contribution in [1.82, 2.24) is 9.97 Å². The minimum atomic E-state index is 0. The molecule has 0 aliphatic heterocycles. The van der Waals surface area contributed by atoms with Gasteiger partial charge in [-0.1, -0.05) is 0 Å². The first kappa shape index (κ1) is 10.5. The number of hydrogen-bond donors (Lipinski definition) is 1. The third-order valence-corrected chi connectivity index (χ3v) is 2.30. The van der Waals surface area contributed by atoms with Crippen LogP contribution >= 0.6 is 35.0 Å². The SMILES string of the molecule is Cl.Nc1ncnc2ccc(I)cc12. The van der Waals surface area contributed by atoms with Gasteiger partial charge in [-0.05, 0) is 40.8 Å². The smallest absolute Gasteiger partial charge is 0.134 e. The van der Waals surface area contributed by atoms with Crippen LogP contribution in [0.1, 0.15) is 0 Å². The minimum absolute atomic E-state index is 0. The molecule has 0 spiro atoms. The number of halogens is 2. The van der Waals surface area contributed by atoms with Crippen molar-refractivity contribution >= 4 is 51.7 Å². The predicted molar refractivity (Wildman–Crippen MR) is 63.9 cm³/mol. The van der Waals surface area contributed by atoms with Crippen LogP contribution < -0.4 is 5.73 Å². The molecule has 2 rings (SSSR count). The molecule has 3 nitrogen and oxygen atoms in total. The highest BCUT2D eigenvalue weighted by atomic mass is 127. The summed E-state index contributed by atoms with van der Waals surface area (Å²) in [5.74, 6) is 0.540. The van der Waals surface area contributed by atoms with E-state index in [0.717, 1.165) is 14.5 Å². The van der Waals surface area contributed by atoms with E-state index in [1.807, 2.05) is 18.2 Å². The maximum atomic E-state index is 5.67. The van der Waals surface area contributed by atoms with Gasteiger partial charge in [0.2, 0.25) is 0 Å². The fraction of sp³-hybridized carbons (Fsp3) is 0. The summed E-state index contributed by atoms with van der Waals surface area (Å²) >= 11 is 2.23. The number of rotatable bonds is 0. The van der Waals surface area contributed by atoms with E-state index in [9.17, 15) is 0 Å². The van der Waals surface area contributed by atoms with E-state index >= 15 is 0 Å². The molecule has 2 aromatic rings. The zero-order chi connectivity index (χ0) is 8.55. The molecule has 0 fully saturated rings. The first-order chi connectivity index (χ1) is 5.77. The van der Waals surface area contributed by atoms with Gasteiger partial charge in [0.25, 0.3) is 0 Å². The number of aromatic nitrogens is 2. The van der Waals surface area contributed by atoms with Crippen molar-refractivity contribution in [2.75, 3.05) is 5.73 Å². The molecule has 0 aliphatic carbocycles. The Morgan fingerprint density at radius 2 is 2.00 bits per heavy atom. The molecule has 68 valence electrons. The first-order valence-electron chi connectivity index (χ1n) is 3.43. The van der Waals surface area contributed by atoms with Crippen molar-refractivity contribution in [3.63, 3.8) is 0 Å². The van der Waals surface area contributed by atoms with Crippen LogP contribution in [0.15, 0.2) is 24.5 Å². The lowest BCUT2D eigenvalue weighted by Crippen LogP contribution is -1.92. The molecule has 1 heterocycles. The third-order valence-electron chi connectivity index (χ3n) is 1.63. The molecule has 13 heavy (non-hydrogen) atoms. The summed E-state index contributed by atoms with van der Waals surface area (Å²) in [4.78, 5) is 8.00. The molecule has 0 saturated carbocycles. The Morgan fingerprint density at radius 1 is 1.23 bits per heavy atom. The van der Waals surface area contributed by atoms with Gasteiger partial charge in [-0.15, -0.1) is 12.4 Å². The van der Waals surface area contributed by atoms with Gasteiger partial charge in [0.1, 0.15) is 12.1 Å². The van der Waals surface area contributed by atoms with E-state index in [2.05, 4.69) is 32.6 Å². The van der Waals surface area contributed by atoms with E-state index < -0.39 is 0 Å². The molecule has 0 amide bonds. The van der Waals surface area contributed by atoms with Gasteiger partial charge in [-0.2, -0.15) is 0 Å². The second-order valence-corrected chi connectivity index (χ2v) is 3.67. The number of anilines is 1. The molecule has 0 radical (unpaired) electrons. The topological polar surface area (TPSA) is 51.8 Å². The Kier molecular flexibility index (Phi) is 3.27. The lowest BCUT2D eigenvalue weighted by Gasteiger charge is -1.99. The maximum Gasteiger partial charge on any atom is 0.134 e. The highest BCUT2D eigenvalue weighted by molar-refractivity contribution is 14.1. The van der Waals surface area contributed by atoms with Crippen LogP contribution in [-0.4, -0.2) is 9.97 Å². The van der Waals surface area contributed by atoms with Crippen molar-refractivity contribution in [2.24, 2.45) is 0 Å². The highest BCUT2D eigenvalue weighted by Gasteiger charge is 1.98. The zero-order valence-corrected chi connectivity index (χ0v) is 9.54. The molecule has 0 atom stereocenters. The Morgan fingerprint density at radius 3 is 2.77 bits per heavy atom. The molecule has 5 heteroatoms. The van der Waals surface area contributed by atoms with Crippen LogP contribution in [0.3, 0.4) is 0 Å². The second kappa shape index (κ2) is 4.06. The van der Waals surface area contributed by atoms with Gasteiger partial charge < -0.3 is 5.73 Å². The van der Waals surface area contributed by atoms with Gasteiger partial charge in [0.15, 0.2) is 0 Å². The van der Waals surface area contributed by atoms with E-state index in [1.54, 1.807) is 0 Å². The number of nitrogens with two attached hydrogens (primary N) is 1. The van der Waals surface area contributed by atoms with Gasteiger partial charge in [-0.3, -0.25) is 0 Å². The van der Waals surface area contributed by atoms with Crippen LogP contribution in [0.4, 0.5) is 5.82 Å². The standard InChI is InChI=1S/C8H6IN3.ClH/c9-5-1-2-7-6(3-5)8(10)12-4-11-7;/h1-4H,(H2,10,11,12);1H. The number of nitrogens with zero attached hydrogens (tertiary/aromatic N) is 2.